The Bertz CT molecular complexity index is 566. The van der Waals surface area contributed by atoms with Gasteiger partial charge in [0.2, 0.25) is 10.0 Å². The first-order valence-corrected chi connectivity index (χ1v) is 7.99. The van der Waals surface area contributed by atoms with Gasteiger partial charge in [0.05, 0.1) is 6.10 Å². The Kier molecular flexibility index (Phi) is 4.41. The molecule has 7 nitrogen and oxygen atoms in total. The molecule has 1 aliphatic heterocycles. The van der Waals surface area contributed by atoms with Crippen molar-refractivity contribution in [3.63, 3.8) is 0 Å². The predicted octanol–water partition coefficient (Wildman–Crippen LogP) is 0.275. The van der Waals surface area contributed by atoms with E-state index in [1.54, 1.807) is 0 Å². The summed E-state index contributed by atoms with van der Waals surface area (Å²) in [6.45, 7) is 0.481. The topological polar surface area (TPSA) is 109 Å². The normalized spacial score (nSPS) is 21.3. The number of aromatic nitrogens is 1. The van der Waals surface area contributed by atoms with Crippen LogP contribution in [0, 0.1) is 0 Å². The van der Waals surface area contributed by atoms with Gasteiger partial charge < -0.3 is 10.5 Å². The van der Waals surface area contributed by atoms with E-state index in [4.69, 9.17) is 5.84 Å². The quantitative estimate of drug-likeness (QED) is 0.533. The number of nitrogen functional groups attached to an aromatic ring is 1. The molecule has 0 spiro atoms. The molecule has 106 valence electrons. The van der Waals surface area contributed by atoms with Crippen molar-refractivity contribution < 1.29 is 13.5 Å². The van der Waals surface area contributed by atoms with Gasteiger partial charge in [-0.1, -0.05) is 0 Å². The van der Waals surface area contributed by atoms with E-state index >= 15 is 0 Å². The summed E-state index contributed by atoms with van der Waals surface area (Å²) < 4.78 is 26.8. The highest BCUT2D eigenvalue weighted by atomic mass is 79.9. The van der Waals surface area contributed by atoms with Gasteiger partial charge in [-0.05, 0) is 34.8 Å². The molecule has 0 aromatic carbocycles. The maximum atomic E-state index is 12.5. The van der Waals surface area contributed by atoms with E-state index in [-0.39, 0.29) is 17.3 Å². The zero-order chi connectivity index (χ0) is 14.0. The van der Waals surface area contributed by atoms with Crippen molar-refractivity contribution in [2.75, 3.05) is 18.5 Å². The fraction of sp³-hybridized carbons (Fsp3) is 0.500. The number of nitrogens with zero attached hydrogens (tertiary/aromatic N) is 2. The van der Waals surface area contributed by atoms with E-state index < -0.39 is 16.1 Å². The van der Waals surface area contributed by atoms with Crippen LogP contribution in [-0.4, -0.2) is 42.0 Å². The summed E-state index contributed by atoms with van der Waals surface area (Å²) in [4.78, 5) is 3.92. The van der Waals surface area contributed by atoms with Crippen molar-refractivity contribution in [3.05, 3.63) is 16.7 Å². The highest BCUT2D eigenvalue weighted by molar-refractivity contribution is 9.10. The van der Waals surface area contributed by atoms with E-state index in [2.05, 4.69) is 26.3 Å². The highest BCUT2D eigenvalue weighted by Crippen LogP contribution is 2.27. The number of hydrogen-bond donors (Lipinski definition) is 3. The average molecular weight is 351 g/mol. The summed E-state index contributed by atoms with van der Waals surface area (Å²) in [7, 11) is -3.72. The van der Waals surface area contributed by atoms with Crippen LogP contribution in [0.1, 0.15) is 12.8 Å². The van der Waals surface area contributed by atoms with Crippen LogP contribution >= 0.6 is 15.9 Å². The van der Waals surface area contributed by atoms with E-state index in [1.165, 1.54) is 16.6 Å². The van der Waals surface area contributed by atoms with E-state index in [0.717, 1.165) is 0 Å². The Morgan fingerprint density at radius 1 is 1.58 bits per heavy atom. The van der Waals surface area contributed by atoms with Crippen LogP contribution in [0.3, 0.4) is 0 Å². The standard InChI is InChI=1S/C10H15BrN4O3S/c11-7-4-9(10(14-12)13-5-7)19(17,18)15-3-1-2-8(16)6-15/h4-5,8,16H,1-3,6,12H2,(H,13,14). The molecule has 19 heavy (non-hydrogen) atoms. The number of aliphatic hydroxyl groups is 1. The van der Waals surface area contributed by atoms with Crippen molar-refractivity contribution in [2.24, 2.45) is 5.84 Å². The molecule has 0 aliphatic carbocycles. The molecule has 2 heterocycles. The zero-order valence-corrected chi connectivity index (χ0v) is 12.5. The summed E-state index contributed by atoms with van der Waals surface area (Å²) in [5.41, 5.74) is 2.28. The number of hydrogen-bond acceptors (Lipinski definition) is 6. The van der Waals surface area contributed by atoms with Crippen LogP contribution in [0.2, 0.25) is 0 Å². The largest absolute Gasteiger partial charge is 0.392 e. The average Bonchev–Trinajstić information content (AvgIpc) is 2.38. The number of hydrazine groups is 1. The molecule has 0 saturated carbocycles. The number of β-amino-alcohol motifs (C(OH)–C–C–N with tert-alkyl or cyclic N) is 1. The second kappa shape index (κ2) is 5.71. The van der Waals surface area contributed by atoms with Crippen LogP contribution < -0.4 is 11.3 Å². The van der Waals surface area contributed by atoms with Gasteiger partial charge in [0.1, 0.15) is 4.90 Å². The lowest BCUT2D eigenvalue weighted by atomic mass is 10.1. The third-order valence-electron chi connectivity index (χ3n) is 2.93. The summed E-state index contributed by atoms with van der Waals surface area (Å²) >= 11 is 3.19. The number of halogens is 1. The second-order valence-corrected chi connectivity index (χ2v) is 7.13. The Labute approximate surface area is 120 Å². The lowest BCUT2D eigenvalue weighted by Gasteiger charge is -2.29. The van der Waals surface area contributed by atoms with Crippen molar-refractivity contribution in [3.8, 4) is 0 Å². The van der Waals surface area contributed by atoms with Crippen LogP contribution in [0.5, 0.6) is 0 Å². The van der Waals surface area contributed by atoms with Gasteiger partial charge in [0.15, 0.2) is 5.82 Å². The molecule has 1 unspecified atom stereocenters. The SMILES string of the molecule is NNc1ncc(Br)cc1S(=O)(=O)N1CCCC(O)C1. The Balaban J connectivity index is 2.41. The smallest absolute Gasteiger partial charge is 0.246 e. The first kappa shape index (κ1) is 14.7. The molecule has 1 atom stereocenters. The Morgan fingerprint density at radius 3 is 2.95 bits per heavy atom. The van der Waals surface area contributed by atoms with E-state index in [1.807, 2.05) is 0 Å². The molecule has 9 heteroatoms. The first-order chi connectivity index (χ1) is 8.95. The molecule has 0 bridgehead atoms. The van der Waals surface area contributed by atoms with Gasteiger partial charge in [-0.3, -0.25) is 0 Å². The minimum atomic E-state index is -3.72. The predicted molar refractivity (Wildman–Crippen MR) is 73.7 cm³/mol. The van der Waals surface area contributed by atoms with Crippen molar-refractivity contribution in [2.45, 2.75) is 23.8 Å². The number of rotatable bonds is 3. The number of nitrogens with one attached hydrogen (secondary N) is 1. The fourth-order valence-corrected chi connectivity index (χ4v) is 4.13. The van der Waals surface area contributed by atoms with E-state index in [9.17, 15) is 13.5 Å². The number of nitrogens with two attached hydrogens (primary N) is 1. The second-order valence-electron chi connectivity index (χ2n) is 4.30. The van der Waals surface area contributed by atoms with Gasteiger partial charge in [0, 0.05) is 23.8 Å². The number of pyridine rings is 1. The Morgan fingerprint density at radius 2 is 2.32 bits per heavy atom. The molecule has 1 aromatic rings. The van der Waals surface area contributed by atoms with Gasteiger partial charge >= 0.3 is 0 Å². The molecule has 4 N–H and O–H groups in total. The lowest BCUT2D eigenvalue weighted by molar-refractivity contribution is 0.108. The third-order valence-corrected chi connectivity index (χ3v) is 5.25. The van der Waals surface area contributed by atoms with Gasteiger partial charge in [0.25, 0.3) is 0 Å². The van der Waals surface area contributed by atoms with Crippen LogP contribution in [-0.2, 0) is 10.0 Å². The molecular formula is C10H15BrN4O3S. The monoisotopic (exact) mass is 350 g/mol. The van der Waals surface area contributed by atoms with Crippen LogP contribution in [0.25, 0.3) is 0 Å². The maximum Gasteiger partial charge on any atom is 0.246 e. The Hall–Kier alpha value is -0.740. The first-order valence-electron chi connectivity index (χ1n) is 5.75. The van der Waals surface area contributed by atoms with Gasteiger partial charge in [-0.15, -0.1) is 0 Å². The molecule has 1 fully saturated rings. The maximum absolute atomic E-state index is 12.5. The van der Waals surface area contributed by atoms with Gasteiger partial charge in [-0.25, -0.2) is 19.2 Å². The highest BCUT2D eigenvalue weighted by Gasteiger charge is 2.31. The van der Waals surface area contributed by atoms with Crippen molar-refractivity contribution in [1.29, 1.82) is 0 Å². The summed E-state index contributed by atoms with van der Waals surface area (Å²) in [6, 6.07) is 1.44. The molecule has 1 aliphatic rings. The van der Waals surface area contributed by atoms with Crippen LogP contribution in [0.15, 0.2) is 21.6 Å². The minimum absolute atomic E-state index is 0.00141. The van der Waals surface area contributed by atoms with Gasteiger partial charge in [-0.2, -0.15) is 4.31 Å². The summed E-state index contributed by atoms with van der Waals surface area (Å²) in [5.74, 6) is 5.38. The molecule has 1 aromatic heterocycles. The van der Waals surface area contributed by atoms with Crippen LogP contribution in [0.4, 0.5) is 5.82 Å². The lowest BCUT2D eigenvalue weighted by Crippen LogP contribution is -2.42. The molecule has 0 amide bonds. The molecule has 0 radical (unpaired) electrons. The number of sulfonamides is 1. The molecule has 2 rings (SSSR count). The number of aliphatic hydroxyl groups excluding tert-OH is 1. The number of piperidine rings is 1. The molecular weight excluding hydrogens is 336 g/mol. The fourth-order valence-electron chi connectivity index (χ4n) is 2.00. The third kappa shape index (κ3) is 3.06. The number of anilines is 1. The summed E-state index contributed by atoms with van der Waals surface area (Å²) in [5, 5.41) is 9.60. The van der Waals surface area contributed by atoms with Crippen molar-refractivity contribution >= 4 is 31.8 Å². The zero-order valence-electron chi connectivity index (χ0n) is 10.1. The minimum Gasteiger partial charge on any atom is -0.392 e. The van der Waals surface area contributed by atoms with Crippen molar-refractivity contribution in [1.82, 2.24) is 9.29 Å². The van der Waals surface area contributed by atoms with E-state index in [0.29, 0.717) is 23.9 Å². The summed E-state index contributed by atoms with van der Waals surface area (Å²) in [6.07, 6.45) is 2.08. The molecule has 1 saturated heterocycles.